The highest BCUT2D eigenvalue weighted by atomic mass is 35.5. The summed E-state index contributed by atoms with van der Waals surface area (Å²) in [5.74, 6) is 0.607. The van der Waals surface area contributed by atoms with Gasteiger partial charge in [0.2, 0.25) is 11.8 Å². The molecule has 0 atom stereocenters. The minimum Gasteiger partial charge on any atom is -0.355 e. The van der Waals surface area contributed by atoms with Gasteiger partial charge in [-0.15, -0.1) is 0 Å². The van der Waals surface area contributed by atoms with Crippen LogP contribution in [0, 0.1) is 5.92 Å². The van der Waals surface area contributed by atoms with E-state index in [0.29, 0.717) is 22.5 Å². The SMILES string of the molecule is CC(C)C(=O)Nc1cccc(C2CCN(CCCNC(=O)C3(c4ccc(Cl)cc4Cl)CC3)CC2)c1. The number of anilines is 1. The third kappa shape index (κ3) is 6.38. The van der Waals surface area contributed by atoms with Crippen molar-refractivity contribution < 1.29 is 9.59 Å². The maximum Gasteiger partial charge on any atom is 0.230 e. The third-order valence-corrected chi connectivity index (χ3v) is 7.85. The smallest absolute Gasteiger partial charge is 0.230 e. The summed E-state index contributed by atoms with van der Waals surface area (Å²) in [6.07, 6.45) is 4.79. The number of nitrogens with zero attached hydrogens (tertiary/aromatic N) is 1. The highest BCUT2D eigenvalue weighted by Crippen LogP contribution is 2.51. The molecular formula is C28H35Cl2N3O2. The molecule has 0 bridgehead atoms. The normalized spacial score (nSPS) is 17.9. The van der Waals surface area contributed by atoms with Gasteiger partial charge in [-0.1, -0.05) is 55.2 Å². The molecule has 2 amide bonds. The lowest BCUT2D eigenvalue weighted by Gasteiger charge is -2.32. The van der Waals surface area contributed by atoms with Crippen molar-refractivity contribution in [3.8, 4) is 0 Å². The molecule has 2 aromatic carbocycles. The Kier molecular flexibility index (Phi) is 8.41. The zero-order chi connectivity index (χ0) is 25.0. The van der Waals surface area contributed by atoms with Crippen molar-refractivity contribution in [2.75, 3.05) is 31.5 Å². The van der Waals surface area contributed by atoms with Gasteiger partial charge in [0.25, 0.3) is 0 Å². The molecule has 35 heavy (non-hydrogen) atoms. The zero-order valence-electron chi connectivity index (χ0n) is 20.6. The van der Waals surface area contributed by atoms with Crippen LogP contribution in [0.4, 0.5) is 5.69 Å². The van der Waals surface area contributed by atoms with E-state index in [4.69, 9.17) is 23.2 Å². The van der Waals surface area contributed by atoms with E-state index < -0.39 is 5.41 Å². The number of hydrogen-bond acceptors (Lipinski definition) is 3. The topological polar surface area (TPSA) is 61.4 Å². The maximum absolute atomic E-state index is 12.9. The Morgan fingerprint density at radius 2 is 1.83 bits per heavy atom. The fourth-order valence-electron chi connectivity index (χ4n) is 4.94. The largest absolute Gasteiger partial charge is 0.355 e. The van der Waals surface area contributed by atoms with Crippen molar-refractivity contribution in [3.63, 3.8) is 0 Å². The number of hydrogen-bond donors (Lipinski definition) is 2. The van der Waals surface area contributed by atoms with Crippen LogP contribution in [0.1, 0.15) is 63.0 Å². The Bertz CT molecular complexity index is 1060. The number of piperidine rings is 1. The van der Waals surface area contributed by atoms with Gasteiger partial charge in [-0.25, -0.2) is 0 Å². The first-order valence-electron chi connectivity index (χ1n) is 12.7. The second kappa shape index (κ2) is 11.3. The van der Waals surface area contributed by atoms with E-state index in [1.807, 2.05) is 32.0 Å². The predicted octanol–water partition coefficient (Wildman–Crippen LogP) is 6.01. The Labute approximate surface area is 218 Å². The standard InChI is InChI=1S/C28H35Cl2N3O2/c1-19(2)26(34)32-23-6-3-5-21(17-23)20-9-15-33(16-10-20)14-4-13-31-27(35)28(11-12-28)24-8-7-22(29)18-25(24)30/h3,5-8,17-20H,4,9-16H2,1-2H3,(H,31,35)(H,32,34). The van der Waals surface area contributed by atoms with Crippen LogP contribution in [0.3, 0.4) is 0 Å². The first-order chi connectivity index (χ1) is 16.8. The number of halogens is 2. The van der Waals surface area contributed by atoms with Gasteiger partial charge in [0, 0.05) is 28.2 Å². The van der Waals surface area contributed by atoms with Crippen molar-refractivity contribution in [3.05, 3.63) is 63.6 Å². The van der Waals surface area contributed by atoms with Crippen LogP contribution in [-0.4, -0.2) is 42.9 Å². The van der Waals surface area contributed by atoms with Crippen LogP contribution in [0.2, 0.25) is 10.0 Å². The van der Waals surface area contributed by atoms with Gasteiger partial charge in [-0.2, -0.15) is 0 Å². The number of carbonyl (C=O) groups excluding carboxylic acids is 2. The number of likely N-dealkylation sites (tertiary alicyclic amines) is 1. The van der Waals surface area contributed by atoms with Crippen LogP contribution in [0.5, 0.6) is 0 Å². The van der Waals surface area contributed by atoms with E-state index in [0.717, 1.165) is 63.0 Å². The molecule has 1 saturated heterocycles. The summed E-state index contributed by atoms with van der Waals surface area (Å²) >= 11 is 12.4. The molecule has 2 fully saturated rings. The molecule has 1 aliphatic carbocycles. The Morgan fingerprint density at radius 1 is 1.09 bits per heavy atom. The quantitative estimate of drug-likeness (QED) is 0.402. The van der Waals surface area contributed by atoms with Gasteiger partial charge in [0.15, 0.2) is 0 Å². The second-order valence-corrected chi connectivity index (χ2v) is 11.0. The van der Waals surface area contributed by atoms with Crippen LogP contribution in [0.15, 0.2) is 42.5 Å². The molecule has 2 N–H and O–H groups in total. The molecule has 0 aromatic heterocycles. The molecule has 2 aliphatic rings. The van der Waals surface area contributed by atoms with Crippen molar-refractivity contribution in [1.29, 1.82) is 0 Å². The zero-order valence-corrected chi connectivity index (χ0v) is 22.1. The highest BCUT2D eigenvalue weighted by Gasteiger charge is 2.52. The summed E-state index contributed by atoms with van der Waals surface area (Å²) in [5, 5.41) is 7.30. The second-order valence-electron chi connectivity index (χ2n) is 10.2. The van der Waals surface area contributed by atoms with Crippen LogP contribution in [-0.2, 0) is 15.0 Å². The van der Waals surface area contributed by atoms with Gasteiger partial charge in [-0.3, -0.25) is 9.59 Å². The van der Waals surface area contributed by atoms with Gasteiger partial charge in [0.05, 0.1) is 5.41 Å². The van der Waals surface area contributed by atoms with E-state index in [2.05, 4.69) is 27.7 Å². The van der Waals surface area contributed by atoms with Crippen molar-refractivity contribution in [1.82, 2.24) is 10.2 Å². The molecule has 188 valence electrons. The molecule has 7 heteroatoms. The molecular weight excluding hydrogens is 481 g/mol. The Morgan fingerprint density at radius 3 is 2.49 bits per heavy atom. The number of amides is 2. The number of carbonyl (C=O) groups is 2. The molecule has 2 aromatic rings. The highest BCUT2D eigenvalue weighted by molar-refractivity contribution is 6.35. The molecule has 5 nitrogen and oxygen atoms in total. The van der Waals surface area contributed by atoms with E-state index in [1.54, 1.807) is 12.1 Å². The molecule has 0 radical (unpaired) electrons. The van der Waals surface area contributed by atoms with Crippen molar-refractivity contribution in [2.45, 2.75) is 57.3 Å². The summed E-state index contributed by atoms with van der Waals surface area (Å²) < 4.78 is 0. The lowest BCUT2D eigenvalue weighted by Crippen LogP contribution is -2.38. The summed E-state index contributed by atoms with van der Waals surface area (Å²) in [4.78, 5) is 27.4. The van der Waals surface area contributed by atoms with Gasteiger partial charge >= 0.3 is 0 Å². The average Bonchev–Trinajstić information content (AvgIpc) is 3.64. The fraction of sp³-hybridized carbons (Fsp3) is 0.500. The monoisotopic (exact) mass is 515 g/mol. The lowest BCUT2D eigenvalue weighted by molar-refractivity contribution is -0.123. The minimum absolute atomic E-state index is 0.0308. The molecule has 1 aliphatic heterocycles. The fourth-order valence-corrected chi connectivity index (χ4v) is 5.53. The van der Waals surface area contributed by atoms with Crippen LogP contribution in [0.25, 0.3) is 0 Å². The first kappa shape index (κ1) is 26.0. The van der Waals surface area contributed by atoms with Crippen LogP contribution < -0.4 is 10.6 Å². The van der Waals surface area contributed by atoms with Crippen LogP contribution >= 0.6 is 23.2 Å². The Hall–Kier alpha value is -2.08. The van der Waals surface area contributed by atoms with Crippen molar-refractivity contribution >= 4 is 40.7 Å². The molecule has 4 rings (SSSR count). The third-order valence-electron chi connectivity index (χ3n) is 7.31. The van der Waals surface area contributed by atoms with E-state index in [9.17, 15) is 9.59 Å². The number of rotatable bonds is 9. The average molecular weight is 517 g/mol. The summed E-state index contributed by atoms with van der Waals surface area (Å²) in [7, 11) is 0. The van der Waals surface area contributed by atoms with Crippen molar-refractivity contribution in [2.24, 2.45) is 5.92 Å². The van der Waals surface area contributed by atoms with E-state index in [-0.39, 0.29) is 17.7 Å². The molecule has 1 saturated carbocycles. The number of nitrogens with one attached hydrogen (secondary N) is 2. The van der Waals surface area contributed by atoms with Gasteiger partial charge in [-0.05, 0) is 93.0 Å². The van der Waals surface area contributed by atoms with Gasteiger partial charge < -0.3 is 15.5 Å². The number of benzene rings is 2. The first-order valence-corrected chi connectivity index (χ1v) is 13.4. The predicted molar refractivity (Wildman–Crippen MR) is 143 cm³/mol. The van der Waals surface area contributed by atoms with E-state index in [1.165, 1.54) is 5.56 Å². The molecule has 1 heterocycles. The molecule has 0 spiro atoms. The maximum atomic E-state index is 12.9. The van der Waals surface area contributed by atoms with E-state index >= 15 is 0 Å². The molecule has 0 unspecified atom stereocenters. The van der Waals surface area contributed by atoms with Gasteiger partial charge in [0.1, 0.15) is 0 Å². The minimum atomic E-state index is -0.483. The lowest BCUT2D eigenvalue weighted by atomic mass is 9.89. The summed E-state index contributed by atoms with van der Waals surface area (Å²) in [6.45, 7) is 7.55. The Balaban J connectivity index is 1.19. The summed E-state index contributed by atoms with van der Waals surface area (Å²) in [6, 6.07) is 13.7. The summed E-state index contributed by atoms with van der Waals surface area (Å²) in [5.41, 5.74) is 2.58.